The Morgan fingerprint density at radius 1 is 1.18 bits per heavy atom. The third-order valence-corrected chi connectivity index (χ3v) is 3.92. The smallest absolute Gasteiger partial charge is 0.258 e. The number of anilines is 1. The molecule has 2 aromatic rings. The van der Waals surface area contributed by atoms with Crippen molar-refractivity contribution < 1.29 is 9.53 Å². The summed E-state index contributed by atoms with van der Waals surface area (Å²) in [5.74, 6) is 0.620. The van der Waals surface area contributed by atoms with Crippen LogP contribution in [0.2, 0.25) is 0 Å². The van der Waals surface area contributed by atoms with Gasteiger partial charge in [0, 0.05) is 19.3 Å². The van der Waals surface area contributed by atoms with Gasteiger partial charge in [-0.3, -0.25) is 4.79 Å². The molecule has 114 valence electrons. The van der Waals surface area contributed by atoms with Crippen LogP contribution in [0.4, 0.5) is 5.69 Å². The number of para-hydroxylation sites is 2. The van der Waals surface area contributed by atoms with Crippen molar-refractivity contribution in [3.63, 3.8) is 0 Å². The summed E-state index contributed by atoms with van der Waals surface area (Å²) >= 11 is 0. The number of carbonyl (C=O) groups excluding carboxylic acids is 1. The average molecular weight is 296 g/mol. The molecule has 0 saturated heterocycles. The second-order valence-electron chi connectivity index (χ2n) is 5.49. The third-order valence-electron chi connectivity index (χ3n) is 3.92. The number of rotatable bonds is 4. The Balaban J connectivity index is 1.61. The highest BCUT2D eigenvalue weighted by Gasteiger charge is 2.24. The Morgan fingerprint density at radius 3 is 2.73 bits per heavy atom. The topological polar surface area (TPSA) is 41.6 Å². The normalized spacial score (nSPS) is 16.8. The van der Waals surface area contributed by atoms with Gasteiger partial charge in [-0.05, 0) is 30.2 Å². The van der Waals surface area contributed by atoms with E-state index in [-0.39, 0.29) is 18.6 Å². The summed E-state index contributed by atoms with van der Waals surface area (Å²) in [5, 5.41) is 3.08. The van der Waals surface area contributed by atoms with Crippen molar-refractivity contribution in [2.45, 2.75) is 12.5 Å². The number of ether oxygens (including phenoxy) is 1. The number of fused-ring (bicyclic) bond motifs is 1. The molecule has 0 bridgehead atoms. The van der Waals surface area contributed by atoms with Crippen molar-refractivity contribution in [3.05, 3.63) is 60.2 Å². The Morgan fingerprint density at radius 2 is 1.91 bits per heavy atom. The zero-order valence-corrected chi connectivity index (χ0v) is 12.7. The molecule has 0 aromatic heterocycles. The molecule has 0 spiro atoms. The van der Waals surface area contributed by atoms with Gasteiger partial charge in [0.2, 0.25) is 0 Å². The predicted molar refractivity (Wildman–Crippen MR) is 87.1 cm³/mol. The van der Waals surface area contributed by atoms with Crippen LogP contribution in [0.25, 0.3) is 0 Å². The first-order valence-electron chi connectivity index (χ1n) is 7.51. The van der Waals surface area contributed by atoms with Crippen molar-refractivity contribution in [1.82, 2.24) is 5.32 Å². The molecule has 0 radical (unpaired) electrons. The molecule has 1 unspecified atom stereocenters. The first kappa shape index (κ1) is 14.4. The van der Waals surface area contributed by atoms with E-state index in [1.54, 1.807) is 0 Å². The van der Waals surface area contributed by atoms with Crippen LogP contribution < -0.4 is 15.0 Å². The van der Waals surface area contributed by atoms with Gasteiger partial charge in [-0.2, -0.15) is 0 Å². The molecule has 0 saturated carbocycles. The number of amides is 1. The van der Waals surface area contributed by atoms with Crippen LogP contribution >= 0.6 is 0 Å². The van der Waals surface area contributed by atoms with Gasteiger partial charge in [-0.25, -0.2) is 0 Å². The Kier molecular flexibility index (Phi) is 4.28. The molecule has 1 aliphatic heterocycles. The van der Waals surface area contributed by atoms with Crippen molar-refractivity contribution in [2.75, 3.05) is 25.1 Å². The van der Waals surface area contributed by atoms with Crippen LogP contribution in [0.1, 0.15) is 18.0 Å². The fourth-order valence-corrected chi connectivity index (χ4v) is 2.78. The maximum Gasteiger partial charge on any atom is 0.258 e. The molecule has 1 heterocycles. The number of nitrogens with one attached hydrogen (secondary N) is 1. The monoisotopic (exact) mass is 296 g/mol. The van der Waals surface area contributed by atoms with E-state index in [2.05, 4.69) is 29.4 Å². The summed E-state index contributed by atoms with van der Waals surface area (Å²) < 4.78 is 5.50. The van der Waals surface area contributed by atoms with Crippen molar-refractivity contribution in [3.8, 4) is 5.75 Å². The first-order chi connectivity index (χ1) is 10.7. The Labute approximate surface area is 130 Å². The fraction of sp³-hybridized carbons (Fsp3) is 0.278. The molecular formula is C18H20N2O2. The van der Waals surface area contributed by atoms with Gasteiger partial charge >= 0.3 is 0 Å². The van der Waals surface area contributed by atoms with E-state index in [4.69, 9.17) is 4.74 Å². The number of nitrogens with zero attached hydrogens (tertiary/aromatic N) is 1. The summed E-state index contributed by atoms with van der Waals surface area (Å²) in [4.78, 5) is 14.3. The molecule has 1 aliphatic rings. The van der Waals surface area contributed by atoms with E-state index < -0.39 is 0 Å². The van der Waals surface area contributed by atoms with Gasteiger partial charge in [0.15, 0.2) is 6.61 Å². The van der Waals surface area contributed by atoms with Crippen LogP contribution in [-0.2, 0) is 4.79 Å². The van der Waals surface area contributed by atoms with Gasteiger partial charge < -0.3 is 15.0 Å². The highest BCUT2D eigenvalue weighted by molar-refractivity contribution is 5.78. The lowest BCUT2D eigenvalue weighted by atomic mass is 9.97. The Hall–Kier alpha value is -2.49. The average Bonchev–Trinajstić information content (AvgIpc) is 2.57. The third kappa shape index (κ3) is 3.22. The van der Waals surface area contributed by atoms with E-state index in [1.165, 1.54) is 11.3 Å². The maximum atomic E-state index is 12.1. The molecular weight excluding hydrogens is 276 g/mol. The molecule has 1 amide bonds. The number of hydrogen-bond acceptors (Lipinski definition) is 3. The standard InChI is InChI=1S/C18H20N2O2/c1-20-12-11-16(15-9-5-6-10-17(15)20)19-18(21)13-22-14-7-3-2-4-8-14/h2-10,16H,11-13H2,1H3,(H,19,21). The Bertz CT molecular complexity index is 643. The SMILES string of the molecule is CN1CCC(NC(=O)COc2ccccc2)c2ccccc21. The lowest BCUT2D eigenvalue weighted by Gasteiger charge is -2.33. The van der Waals surface area contributed by atoms with Gasteiger partial charge in [-0.1, -0.05) is 36.4 Å². The summed E-state index contributed by atoms with van der Waals surface area (Å²) in [6.07, 6.45) is 0.907. The van der Waals surface area contributed by atoms with Gasteiger partial charge in [0.05, 0.1) is 6.04 Å². The summed E-state index contributed by atoms with van der Waals surface area (Å²) in [6, 6.07) is 17.6. The maximum absolute atomic E-state index is 12.1. The number of hydrogen-bond donors (Lipinski definition) is 1. The largest absolute Gasteiger partial charge is 0.484 e. The van der Waals surface area contributed by atoms with E-state index >= 15 is 0 Å². The summed E-state index contributed by atoms with van der Waals surface area (Å²) in [6.45, 7) is 0.972. The molecule has 3 rings (SSSR count). The highest BCUT2D eigenvalue weighted by atomic mass is 16.5. The van der Waals surface area contributed by atoms with Crippen molar-refractivity contribution in [2.24, 2.45) is 0 Å². The lowest BCUT2D eigenvalue weighted by molar-refractivity contribution is -0.123. The number of benzene rings is 2. The molecule has 22 heavy (non-hydrogen) atoms. The summed E-state index contributed by atoms with van der Waals surface area (Å²) in [7, 11) is 2.08. The molecule has 0 fully saturated rings. The van der Waals surface area contributed by atoms with Gasteiger partial charge in [0.25, 0.3) is 5.91 Å². The predicted octanol–water partition coefficient (Wildman–Crippen LogP) is 2.76. The van der Waals surface area contributed by atoms with Crippen LogP contribution in [0.15, 0.2) is 54.6 Å². The van der Waals surface area contributed by atoms with Crippen molar-refractivity contribution >= 4 is 11.6 Å². The highest BCUT2D eigenvalue weighted by Crippen LogP contribution is 2.32. The van der Waals surface area contributed by atoms with Gasteiger partial charge in [0.1, 0.15) is 5.75 Å². The minimum absolute atomic E-state index is 0.0402. The van der Waals surface area contributed by atoms with Crippen LogP contribution in [0, 0.1) is 0 Å². The van der Waals surface area contributed by atoms with Crippen molar-refractivity contribution in [1.29, 1.82) is 0 Å². The first-order valence-corrected chi connectivity index (χ1v) is 7.51. The van der Waals surface area contributed by atoms with E-state index in [0.29, 0.717) is 5.75 Å². The molecule has 1 atom stereocenters. The molecule has 2 aromatic carbocycles. The van der Waals surface area contributed by atoms with Crippen LogP contribution in [0.3, 0.4) is 0 Å². The molecule has 0 aliphatic carbocycles. The summed E-state index contributed by atoms with van der Waals surface area (Å²) in [5.41, 5.74) is 2.35. The lowest BCUT2D eigenvalue weighted by Crippen LogP contribution is -2.38. The zero-order chi connectivity index (χ0) is 15.4. The molecule has 4 heteroatoms. The van der Waals surface area contributed by atoms with E-state index in [1.807, 2.05) is 42.5 Å². The minimum atomic E-state index is -0.0896. The second-order valence-corrected chi connectivity index (χ2v) is 5.49. The molecule has 4 nitrogen and oxygen atoms in total. The fourth-order valence-electron chi connectivity index (χ4n) is 2.78. The second kappa shape index (κ2) is 6.52. The van der Waals surface area contributed by atoms with Crippen LogP contribution in [-0.4, -0.2) is 26.1 Å². The minimum Gasteiger partial charge on any atom is -0.484 e. The van der Waals surface area contributed by atoms with E-state index in [9.17, 15) is 4.79 Å². The quantitative estimate of drug-likeness (QED) is 0.943. The number of carbonyl (C=O) groups is 1. The zero-order valence-electron chi connectivity index (χ0n) is 12.7. The van der Waals surface area contributed by atoms with E-state index in [0.717, 1.165) is 13.0 Å². The van der Waals surface area contributed by atoms with Gasteiger partial charge in [-0.15, -0.1) is 0 Å². The molecule has 1 N–H and O–H groups in total. The van der Waals surface area contributed by atoms with Crippen LogP contribution in [0.5, 0.6) is 5.75 Å².